The van der Waals surface area contributed by atoms with Crippen molar-refractivity contribution in [2.75, 3.05) is 43.3 Å². The summed E-state index contributed by atoms with van der Waals surface area (Å²) in [6, 6.07) is 15.6. The molecule has 16 heteroatoms. The molecular weight excluding hydrogens is 745 g/mol. The van der Waals surface area contributed by atoms with Gasteiger partial charge in [0.2, 0.25) is 5.91 Å². The Kier molecular flexibility index (Phi) is 11.2. The number of hydrogen-bond donors (Lipinski definition) is 3. The second-order valence-corrected chi connectivity index (χ2v) is 14.2. The number of amides is 4. The van der Waals surface area contributed by atoms with Crippen LogP contribution in [-0.2, 0) is 30.7 Å². The summed E-state index contributed by atoms with van der Waals surface area (Å²) in [7, 11) is 7.94. The molecule has 0 aliphatic carbocycles. The molecule has 1 fully saturated rings. The van der Waals surface area contributed by atoms with Gasteiger partial charge in [0, 0.05) is 76.2 Å². The van der Waals surface area contributed by atoms with E-state index in [1.807, 2.05) is 29.4 Å². The van der Waals surface area contributed by atoms with Gasteiger partial charge in [-0.2, -0.15) is 0 Å². The number of hydrogen-bond acceptors (Lipinski definition) is 9. The number of nitrogens with one attached hydrogen (secondary N) is 3. The van der Waals surface area contributed by atoms with Crippen LogP contribution in [0.4, 0.5) is 22.7 Å². The number of benzene rings is 2. The fourth-order valence-corrected chi connectivity index (χ4v) is 7.14. The zero-order chi connectivity index (χ0) is 41.1. The lowest BCUT2D eigenvalue weighted by molar-refractivity contribution is -0.116. The van der Waals surface area contributed by atoms with E-state index in [0.717, 1.165) is 24.0 Å². The number of aryl methyl sites for hydroxylation is 3. The molecule has 0 unspecified atom stereocenters. The van der Waals surface area contributed by atoms with Gasteiger partial charge >= 0.3 is 5.97 Å². The Morgan fingerprint density at radius 1 is 0.759 bits per heavy atom. The van der Waals surface area contributed by atoms with Gasteiger partial charge in [0.05, 0.1) is 49.5 Å². The number of fused-ring (bicyclic) bond motifs is 2. The Labute approximate surface area is 334 Å². The molecule has 2 aromatic carbocycles. The van der Waals surface area contributed by atoms with E-state index in [4.69, 9.17) is 14.2 Å². The average Bonchev–Trinajstić information content (AvgIpc) is 4.00. The fourth-order valence-electron chi connectivity index (χ4n) is 7.14. The van der Waals surface area contributed by atoms with Crippen LogP contribution in [0.1, 0.15) is 67.5 Å². The molecule has 4 amide bonds. The lowest BCUT2D eigenvalue weighted by atomic mass is 10.1. The van der Waals surface area contributed by atoms with Crippen LogP contribution in [0.15, 0.2) is 78.2 Å². The molecule has 300 valence electrons. The fraction of sp³-hybridized carbons (Fsp3) is 0.286. The molecule has 7 rings (SSSR count). The van der Waals surface area contributed by atoms with Gasteiger partial charge in [-0.1, -0.05) is 12.1 Å². The average molecular weight is 789 g/mol. The van der Waals surface area contributed by atoms with E-state index in [9.17, 15) is 24.0 Å². The number of methoxy groups -OCH3 is 2. The first kappa shape index (κ1) is 39.1. The van der Waals surface area contributed by atoms with Crippen molar-refractivity contribution in [1.29, 1.82) is 0 Å². The quantitative estimate of drug-likeness (QED) is 0.0992. The minimum Gasteiger partial charge on any atom is -0.493 e. The van der Waals surface area contributed by atoms with Crippen LogP contribution in [0, 0.1) is 0 Å². The maximum atomic E-state index is 13.3. The smallest absolute Gasteiger partial charge is 0.354 e. The van der Waals surface area contributed by atoms with Crippen LogP contribution in [0.2, 0.25) is 0 Å². The standard InChI is InChI=1S/C42H44N8O8/c1-47-22-26(16-33(47)39(52)45-28-17-34(48(2)23-28)40(53)46-29-18-35(42(55)57-5)49(3)24-29)25-10-12-27(13-11-25)44-38(51)9-7-15-58-37-20-32-31(19-36(37)56-4)41(54)50-14-6-8-30(50)21-43-32/h10-13,16-24,30H,6-9,14-15H2,1-5H3,(H,44,51)(H,45,52)(H,46,53)/t30-/m0/s1. The maximum absolute atomic E-state index is 13.3. The number of carbonyl (C=O) groups excluding carboxylic acids is 5. The summed E-state index contributed by atoms with van der Waals surface area (Å²) in [5.74, 6) is -0.651. The monoisotopic (exact) mass is 788 g/mol. The summed E-state index contributed by atoms with van der Waals surface area (Å²) in [5.41, 5.74) is 5.12. The van der Waals surface area contributed by atoms with Crippen LogP contribution >= 0.6 is 0 Å². The summed E-state index contributed by atoms with van der Waals surface area (Å²) in [5, 5.41) is 8.54. The molecule has 2 aliphatic heterocycles. The van der Waals surface area contributed by atoms with Crippen molar-refractivity contribution in [3.63, 3.8) is 0 Å². The number of rotatable bonds is 13. The van der Waals surface area contributed by atoms with Crippen molar-refractivity contribution in [3.8, 4) is 22.6 Å². The highest BCUT2D eigenvalue weighted by Gasteiger charge is 2.32. The number of ether oxygens (including phenoxy) is 3. The van der Waals surface area contributed by atoms with Crippen LogP contribution in [0.5, 0.6) is 11.5 Å². The van der Waals surface area contributed by atoms with E-state index in [1.165, 1.54) is 20.3 Å². The largest absolute Gasteiger partial charge is 0.493 e. The van der Waals surface area contributed by atoms with E-state index >= 15 is 0 Å². The van der Waals surface area contributed by atoms with E-state index in [0.29, 0.717) is 64.2 Å². The van der Waals surface area contributed by atoms with Gasteiger partial charge in [-0.25, -0.2) is 4.79 Å². The molecule has 58 heavy (non-hydrogen) atoms. The number of anilines is 3. The zero-order valence-corrected chi connectivity index (χ0v) is 32.8. The predicted octanol–water partition coefficient (Wildman–Crippen LogP) is 5.79. The van der Waals surface area contributed by atoms with Gasteiger partial charge in [-0.05, 0) is 61.2 Å². The first-order valence-corrected chi connectivity index (χ1v) is 18.7. The third-order valence-corrected chi connectivity index (χ3v) is 10.2. The molecule has 0 bridgehead atoms. The number of aromatic nitrogens is 3. The minimum atomic E-state index is -0.524. The third-order valence-electron chi connectivity index (χ3n) is 10.2. The van der Waals surface area contributed by atoms with Crippen LogP contribution in [0.25, 0.3) is 11.1 Å². The Morgan fingerprint density at radius 3 is 2.10 bits per heavy atom. The molecule has 5 aromatic rings. The molecule has 5 heterocycles. The third kappa shape index (κ3) is 8.21. The molecule has 1 saturated heterocycles. The lowest BCUT2D eigenvalue weighted by Crippen LogP contribution is -2.35. The van der Waals surface area contributed by atoms with E-state index in [1.54, 1.807) is 83.6 Å². The van der Waals surface area contributed by atoms with Crippen LogP contribution in [-0.4, -0.2) is 87.8 Å². The van der Waals surface area contributed by atoms with Crippen molar-refractivity contribution < 1.29 is 38.2 Å². The summed E-state index contributed by atoms with van der Waals surface area (Å²) in [6.07, 6.45) is 9.42. The van der Waals surface area contributed by atoms with Crippen molar-refractivity contribution in [1.82, 2.24) is 18.6 Å². The van der Waals surface area contributed by atoms with E-state index in [-0.39, 0.29) is 42.5 Å². The first-order valence-electron chi connectivity index (χ1n) is 18.7. The summed E-state index contributed by atoms with van der Waals surface area (Å²) in [6.45, 7) is 0.965. The van der Waals surface area contributed by atoms with Crippen molar-refractivity contribution in [2.45, 2.75) is 31.7 Å². The lowest BCUT2D eigenvalue weighted by Gasteiger charge is -2.20. The molecule has 1 atom stereocenters. The van der Waals surface area contributed by atoms with Gasteiger partial charge in [-0.15, -0.1) is 0 Å². The molecule has 0 saturated carbocycles. The number of aliphatic imine (C=N–C) groups is 1. The Hall–Kier alpha value is -7.10. The molecule has 2 aliphatic rings. The Balaban J connectivity index is 0.902. The van der Waals surface area contributed by atoms with Crippen molar-refractivity contribution in [3.05, 3.63) is 95.8 Å². The SMILES string of the molecule is COC(=O)c1cc(NC(=O)c2cc(NC(=O)c3cc(-c4ccc(NC(=O)CCCOc5cc6c(cc5OC)C(=O)N5CCC[C@H]5C=N6)cc4)cn3C)cn2C)cn1C. The first-order chi connectivity index (χ1) is 27.9. The highest BCUT2D eigenvalue weighted by molar-refractivity contribution is 6.07. The van der Waals surface area contributed by atoms with E-state index in [2.05, 4.69) is 20.9 Å². The molecule has 0 spiro atoms. The predicted molar refractivity (Wildman–Crippen MR) is 217 cm³/mol. The number of carbonyl (C=O) groups is 5. The van der Waals surface area contributed by atoms with Crippen LogP contribution in [0.3, 0.4) is 0 Å². The van der Waals surface area contributed by atoms with Gasteiger partial charge < -0.3 is 48.8 Å². The van der Waals surface area contributed by atoms with E-state index < -0.39 is 11.9 Å². The highest BCUT2D eigenvalue weighted by Crippen LogP contribution is 2.38. The molecular formula is C42H44N8O8. The zero-order valence-electron chi connectivity index (χ0n) is 32.8. The molecule has 3 N–H and O–H groups in total. The molecule has 0 radical (unpaired) electrons. The second kappa shape index (κ2) is 16.6. The topological polar surface area (TPSA) is 180 Å². The van der Waals surface area contributed by atoms with Crippen molar-refractivity contribution in [2.24, 2.45) is 26.1 Å². The molecule has 3 aromatic heterocycles. The summed E-state index contributed by atoms with van der Waals surface area (Å²) >= 11 is 0. The van der Waals surface area contributed by atoms with Gasteiger partial charge in [0.25, 0.3) is 17.7 Å². The number of esters is 1. The van der Waals surface area contributed by atoms with Crippen LogP contribution < -0.4 is 25.4 Å². The molecule has 16 nitrogen and oxygen atoms in total. The van der Waals surface area contributed by atoms with Gasteiger partial charge in [-0.3, -0.25) is 24.2 Å². The normalized spacial score (nSPS) is 14.3. The summed E-state index contributed by atoms with van der Waals surface area (Å²) < 4.78 is 21.1. The summed E-state index contributed by atoms with van der Waals surface area (Å²) in [4.78, 5) is 70.6. The second-order valence-electron chi connectivity index (χ2n) is 14.2. The minimum absolute atomic E-state index is 0.00405. The Morgan fingerprint density at radius 2 is 1.41 bits per heavy atom. The number of nitrogens with zero attached hydrogens (tertiary/aromatic N) is 5. The highest BCUT2D eigenvalue weighted by atomic mass is 16.5. The maximum Gasteiger partial charge on any atom is 0.354 e. The Bertz CT molecular complexity index is 2440. The van der Waals surface area contributed by atoms with Gasteiger partial charge in [0.15, 0.2) is 11.5 Å². The van der Waals surface area contributed by atoms with Gasteiger partial charge in [0.1, 0.15) is 17.1 Å². The van der Waals surface area contributed by atoms with Crippen molar-refractivity contribution >= 4 is 58.6 Å².